The Hall–Kier alpha value is -7.48. The van der Waals surface area contributed by atoms with Gasteiger partial charge in [0, 0.05) is 16.9 Å². The van der Waals surface area contributed by atoms with Gasteiger partial charge in [-0.05, 0) is 118 Å². The third-order valence-electron chi connectivity index (χ3n) is 11.6. The molecule has 11 rings (SSSR count). The van der Waals surface area contributed by atoms with Gasteiger partial charge in [0.1, 0.15) is 0 Å². The van der Waals surface area contributed by atoms with Crippen LogP contribution in [0.3, 0.4) is 0 Å². The van der Waals surface area contributed by atoms with E-state index in [9.17, 15) is 0 Å². The predicted octanol–water partition coefficient (Wildman–Crippen LogP) is 15.9. The van der Waals surface area contributed by atoms with E-state index in [2.05, 4.69) is 229 Å². The number of fused-ring (bicyclic) bond motifs is 7. The van der Waals surface area contributed by atoms with Crippen LogP contribution in [0.5, 0.6) is 0 Å². The lowest BCUT2D eigenvalue weighted by Gasteiger charge is -2.29. The van der Waals surface area contributed by atoms with Crippen LogP contribution < -0.4 is 4.90 Å². The van der Waals surface area contributed by atoms with Crippen molar-refractivity contribution in [2.45, 2.75) is 0 Å². The highest BCUT2D eigenvalue weighted by Crippen LogP contribution is 2.46. The molecule has 0 aliphatic rings. The van der Waals surface area contributed by atoms with Crippen molar-refractivity contribution in [3.63, 3.8) is 0 Å². The summed E-state index contributed by atoms with van der Waals surface area (Å²) in [5.41, 5.74) is 10.5. The maximum Gasteiger partial charge on any atom is 0.0540 e. The number of para-hydroxylation sites is 1. The van der Waals surface area contributed by atoms with E-state index in [0.29, 0.717) is 0 Å². The first kappa shape index (κ1) is 32.9. The molecule has 1 heteroatoms. The molecule has 11 aromatic rings. The fourth-order valence-electron chi connectivity index (χ4n) is 8.87. The van der Waals surface area contributed by atoms with Crippen molar-refractivity contribution >= 4 is 70.9 Å². The predicted molar refractivity (Wildman–Crippen MR) is 245 cm³/mol. The normalized spacial score (nSPS) is 11.5. The zero-order chi connectivity index (χ0) is 37.7. The van der Waals surface area contributed by atoms with Crippen molar-refractivity contribution in [3.05, 3.63) is 224 Å². The van der Waals surface area contributed by atoms with Crippen molar-refractivity contribution in [1.82, 2.24) is 0 Å². The highest BCUT2D eigenvalue weighted by molar-refractivity contribution is 6.21. The molecule has 0 saturated heterocycles. The summed E-state index contributed by atoms with van der Waals surface area (Å²) in [5, 5.41) is 12.5. The van der Waals surface area contributed by atoms with E-state index < -0.39 is 0 Å². The van der Waals surface area contributed by atoms with Crippen molar-refractivity contribution in [1.29, 1.82) is 0 Å². The molecule has 0 radical (unpaired) electrons. The number of hydrogen-bond donors (Lipinski definition) is 0. The zero-order valence-corrected chi connectivity index (χ0v) is 31.3. The second-order valence-corrected chi connectivity index (χ2v) is 14.9. The van der Waals surface area contributed by atoms with Crippen LogP contribution in [0.1, 0.15) is 0 Å². The van der Waals surface area contributed by atoms with Crippen LogP contribution in [0.25, 0.3) is 87.2 Å². The minimum absolute atomic E-state index is 1.10. The molecule has 1 nitrogen and oxygen atoms in total. The van der Waals surface area contributed by atoms with Gasteiger partial charge in [0.15, 0.2) is 0 Å². The summed E-state index contributed by atoms with van der Waals surface area (Å²) in [6.07, 6.45) is 0. The largest absolute Gasteiger partial charge is 0.310 e. The zero-order valence-electron chi connectivity index (χ0n) is 31.3. The summed E-state index contributed by atoms with van der Waals surface area (Å²) in [7, 11) is 0. The first-order valence-electron chi connectivity index (χ1n) is 19.7. The Bertz CT molecular complexity index is 3280. The lowest BCUT2D eigenvalue weighted by molar-refractivity contribution is 1.29. The highest BCUT2D eigenvalue weighted by atomic mass is 15.1. The number of nitrogens with zero attached hydrogens (tertiary/aromatic N) is 1. The van der Waals surface area contributed by atoms with E-state index in [1.54, 1.807) is 0 Å². The first-order valence-corrected chi connectivity index (χ1v) is 19.7. The molecule has 0 saturated carbocycles. The number of anilines is 3. The summed E-state index contributed by atoms with van der Waals surface area (Å²) in [5.74, 6) is 0. The van der Waals surface area contributed by atoms with Crippen molar-refractivity contribution in [2.24, 2.45) is 0 Å². The summed E-state index contributed by atoms with van der Waals surface area (Å²) >= 11 is 0. The molecule has 266 valence electrons. The average molecular weight is 724 g/mol. The maximum atomic E-state index is 2.45. The third kappa shape index (κ3) is 5.72. The Balaban J connectivity index is 1.16. The number of hydrogen-bond acceptors (Lipinski definition) is 1. The molecule has 0 aromatic heterocycles. The summed E-state index contributed by atoms with van der Waals surface area (Å²) in [6, 6.07) is 82.2. The lowest BCUT2D eigenvalue weighted by atomic mass is 9.91. The molecule has 0 fully saturated rings. The van der Waals surface area contributed by atoms with Crippen molar-refractivity contribution in [2.75, 3.05) is 4.90 Å². The van der Waals surface area contributed by atoms with Crippen molar-refractivity contribution < 1.29 is 0 Å². The molecule has 0 heterocycles. The lowest BCUT2D eigenvalue weighted by Crippen LogP contribution is -2.11. The molecule has 0 atom stereocenters. The SMILES string of the molecule is c1ccc(-c2ccc(N(c3cc(-c4ccc5ccc6ccc7ccccc7c6c5c4)c4ccccc4c3)c3ccccc3-c3cccc4ccccc34)cc2)cc1. The fourth-order valence-corrected chi connectivity index (χ4v) is 8.87. The van der Waals surface area contributed by atoms with Gasteiger partial charge in [0.05, 0.1) is 5.69 Å². The Morgan fingerprint density at radius 1 is 0.246 bits per heavy atom. The van der Waals surface area contributed by atoms with Gasteiger partial charge in [0.25, 0.3) is 0 Å². The van der Waals surface area contributed by atoms with Gasteiger partial charge < -0.3 is 4.90 Å². The van der Waals surface area contributed by atoms with Crippen LogP contribution in [-0.2, 0) is 0 Å². The summed E-state index contributed by atoms with van der Waals surface area (Å²) < 4.78 is 0. The fraction of sp³-hybridized carbons (Fsp3) is 0. The molecule has 0 N–H and O–H groups in total. The third-order valence-corrected chi connectivity index (χ3v) is 11.6. The van der Waals surface area contributed by atoms with Gasteiger partial charge in [-0.15, -0.1) is 0 Å². The van der Waals surface area contributed by atoms with Gasteiger partial charge in [0.2, 0.25) is 0 Å². The van der Waals surface area contributed by atoms with Gasteiger partial charge in [-0.3, -0.25) is 0 Å². The summed E-state index contributed by atoms with van der Waals surface area (Å²) in [4.78, 5) is 2.45. The molecule has 57 heavy (non-hydrogen) atoms. The van der Waals surface area contributed by atoms with Crippen LogP contribution in [0.15, 0.2) is 224 Å². The van der Waals surface area contributed by atoms with Crippen molar-refractivity contribution in [3.8, 4) is 33.4 Å². The monoisotopic (exact) mass is 723 g/mol. The van der Waals surface area contributed by atoms with Gasteiger partial charge in [-0.2, -0.15) is 0 Å². The van der Waals surface area contributed by atoms with E-state index in [1.165, 1.54) is 87.2 Å². The van der Waals surface area contributed by atoms with Crippen LogP contribution >= 0.6 is 0 Å². The highest BCUT2D eigenvalue weighted by Gasteiger charge is 2.21. The molecular weight excluding hydrogens is 687 g/mol. The Labute approximate surface area is 332 Å². The molecule has 0 aliphatic heterocycles. The molecule has 0 bridgehead atoms. The molecule has 11 aromatic carbocycles. The molecule has 0 aliphatic carbocycles. The van der Waals surface area contributed by atoms with Gasteiger partial charge in [-0.25, -0.2) is 0 Å². The second kappa shape index (κ2) is 13.7. The molecule has 0 spiro atoms. The van der Waals surface area contributed by atoms with Crippen LogP contribution in [0.2, 0.25) is 0 Å². The second-order valence-electron chi connectivity index (χ2n) is 14.9. The standard InChI is InChI=1S/C56H37N/c1-2-13-38(14-3-1)39-31-33-46(34-32-39)57(55-24-11-10-22-52(55)51-23-12-18-40-15-4-7-19-48(40)51)47-35-44-17-6-8-20-49(44)53(37-47)45-30-27-42-26-29-43-28-25-41-16-5-9-21-50(41)56(43)54(42)36-45/h1-37H. The Kier molecular flexibility index (Phi) is 7.89. The maximum absolute atomic E-state index is 2.45. The Morgan fingerprint density at radius 3 is 1.56 bits per heavy atom. The average Bonchev–Trinajstić information content (AvgIpc) is 3.29. The van der Waals surface area contributed by atoms with E-state index in [-0.39, 0.29) is 0 Å². The number of rotatable bonds is 6. The smallest absolute Gasteiger partial charge is 0.0540 e. The topological polar surface area (TPSA) is 3.24 Å². The minimum Gasteiger partial charge on any atom is -0.310 e. The van der Waals surface area contributed by atoms with Crippen LogP contribution in [-0.4, -0.2) is 0 Å². The first-order chi connectivity index (χ1) is 28.3. The number of benzene rings is 11. The van der Waals surface area contributed by atoms with Gasteiger partial charge in [-0.1, -0.05) is 188 Å². The molecule has 0 amide bonds. The minimum atomic E-state index is 1.10. The van der Waals surface area contributed by atoms with E-state index in [0.717, 1.165) is 17.1 Å². The van der Waals surface area contributed by atoms with E-state index in [4.69, 9.17) is 0 Å². The van der Waals surface area contributed by atoms with Crippen LogP contribution in [0, 0.1) is 0 Å². The quantitative estimate of drug-likeness (QED) is 0.154. The van der Waals surface area contributed by atoms with E-state index >= 15 is 0 Å². The van der Waals surface area contributed by atoms with Gasteiger partial charge >= 0.3 is 0 Å². The molecular formula is C56H37N. The molecule has 0 unspecified atom stereocenters. The van der Waals surface area contributed by atoms with E-state index in [1.807, 2.05) is 0 Å². The van der Waals surface area contributed by atoms with Crippen LogP contribution in [0.4, 0.5) is 17.1 Å². The summed E-state index contributed by atoms with van der Waals surface area (Å²) in [6.45, 7) is 0. The Morgan fingerprint density at radius 2 is 0.772 bits per heavy atom.